The highest BCUT2D eigenvalue weighted by atomic mass is 16.5. The van der Waals surface area contributed by atoms with Gasteiger partial charge in [0.15, 0.2) is 0 Å². The van der Waals surface area contributed by atoms with Crippen molar-refractivity contribution in [2.45, 2.75) is 37.1 Å². The van der Waals surface area contributed by atoms with E-state index in [1.807, 2.05) is 31.3 Å². The molecule has 0 aliphatic heterocycles. The van der Waals surface area contributed by atoms with Crippen LogP contribution >= 0.6 is 0 Å². The Hall–Kier alpha value is -1.55. The molecule has 1 aliphatic carbocycles. The lowest BCUT2D eigenvalue weighted by Crippen LogP contribution is -2.43. The van der Waals surface area contributed by atoms with Crippen LogP contribution in [0.5, 0.6) is 5.75 Å². The third-order valence-corrected chi connectivity index (χ3v) is 4.28. The minimum atomic E-state index is -0.762. The molecule has 0 saturated heterocycles. The first-order valence-electron chi connectivity index (χ1n) is 6.67. The molecule has 0 unspecified atom stereocenters. The minimum absolute atomic E-state index is 0.429. The van der Waals surface area contributed by atoms with Crippen LogP contribution in [0.2, 0.25) is 0 Å². The highest BCUT2D eigenvalue weighted by Crippen LogP contribution is 2.40. The molecule has 0 spiro atoms. The standard InChI is InChI=1S/C15H21NO3/c1-16-12-6-8-15(9-7-12,14(17)18)11-4-3-5-13(10-11)19-2/h3-5,10,12,16H,6-9H2,1-2H3,(H,17,18). The summed E-state index contributed by atoms with van der Waals surface area (Å²) in [5, 5.41) is 12.9. The summed E-state index contributed by atoms with van der Waals surface area (Å²) in [6, 6.07) is 7.89. The van der Waals surface area contributed by atoms with Gasteiger partial charge in [-0.15, -0.1) is 0 Å². The van der Waals surface area contributed by atoms with Gasteiger partial charge in [-0.25, -0.2) is 0 Å². The van der Waals surface area contributed by atoms with E-state index in [9.17, 15) is 9.90 Å². The van der Waals surface area contributed by atoms with Crippen LogP contribution in [0, 0.1) is 0 Å². The smallest absolute Gasteiger partial charge is 0.314 e. The van der Waals surface area contributed by atoms with Crippen molar-refractivity contribution in [1.29, 1.82) is 0 Å². The maximum atomic E-state index is 11.8. The quantitative estimate of drug-likeness (QED) is 0.874. The van der Waals surface area contributed by atoms with Gasteiger partial charge in [0.1, 0.15) is 5.75 Å². The third-order valence-electron chi connectivity index (χ3n) is 4.28. The molecular formula is C15H21NO3. The van der Waals surface area contributed by atoms with E-state index in [1.165, 1.54) is 0 Å². The number of hydrogen-bond acceptors (Lipinski definition) is 3. The van der Waals surface area contributed by atoms with Gasteiger partial charge in [0.05, 0.1) is 12.5 Å². The lowest BCUT2D eigenvalue weighted by atomic mass is 9.68. The number of nitrogens with one attached hydrogen (secondary N) is 1. The molecule has 104 valence electrons. The molecule has 4 heteroatoms. The molecule has 0 atom stereocenters. The zero-order valence-electron chi connectivity index (χ0n) is 11.5. The molecule has 1 aromatic carbocycles. The van der Waals surface area contributed by atoms with Crippen LogP contribution < -0.4 is 10.1 Å². The fourth-order valence-corrected chi connectivity index (χ4v) is 2.95. The third kappa shape index (κ3) is 2.59. The van der Waals surface area contributed by atoms with Crippen molar-refractivity contribution in [2.24, 2.45) is 0 Å². The predicted molar refractivity (Wildman–Crippen MR) is 73.6 cm³/mol. The summed E-state index contributed by atoms with van der Waals surface area (Å²) < 4.78 is 5.21. The van der Waals surface area contributed by atoms with Crippen molar-refractivity contribution in [3.05, 3.63) is 29.8 Å². The molecule has 2 N–H and O–H groups in total. The summed E-state index contributed by atoms with van der Waals surface area (Å²) in [6.45, 7) is 0. The van der Waals surface area contributed by atoms with E-state index in [1.54, 1.807) is 7.11 Å². The summed E-state index contributed by atoms with van der Waals surface area (Å²) in [5.41, 5.74) is 0.0935. The lowest BCUT2D eigenvalue weighted by molar-refractivity contribution is -0.145. The Kier molecular flexibility index (Phi) is 4.10. The number of benzene rings is 1. The maximum Gasteiger partial charge on any atom is 0.314 e. The second-order valence-electron chi connectivity index (χ2n) is 5.18. The molecule has 0 amide bonds. The van der Waals surface area contributed by atoms with E-state index in [2.05, 4.69) is 5.32 Å². The maximum absolute atomic E-state index is 11.8. The number of rotatable bonds is 4. The highest BCUT2D eigenvalue weighted by Gasteiger charge is 2.43. The van der Waals surface area contributed by atoms with Crippen molar-refractivity contribution < 1.29 is 14.6 Å². The molecule has 19 heavy (non-hydrogen) atoms. The summed E-state index contributed by atoms with van der Waals surface area (Å²) >= 11 is 0. The number of carboxylic acid groups (broad SMARTS) is 1. The Morgan fingerprint density at radius 3 is 2.63 bits per heavy atom. The van der Waals surface area contributed by atoms with E-state index in [0.717, 1.165) is 18.4 Å². The summed E-state index contributed by atoms with van der Waals surface area (Å²) in [7, 11) is 3.54. The van der Waals surface area contributed by atoms with Crippen LogP contribution in [-0.2, 0) is 10.2 Å². The zero-order chi connectivity index (χ0) is 13.9. The second-order valence-corrected chi connectivity index (χ2v) is 5.18. The van der Waals surface area contributed by atoms with Crippen molar-refractivity contribution >= 4 is 5.97 Å². The summed E-state index contributed by atoms with van der Waals surface area (Å²) in [5.74, 6) is -0.0100. The van der Waals surface area contributed by atoms with Crippen molar-refractivity contribution in [1.82, 2.24) is 5.32 Å². The SMILES string of the molecule is CNC1CCC(C(=O)O)(c2cccc(OC)c2)CC1. The van der Waals surface area contributed by atoms with Gasteiger partial charge in [0.25, 0.3) is 0 Å². The van der Waals surface area contributed by atoms with Crippen LogP contribution in [0.15, 0.2) is 24.3 Å². The number of carbonyl (C=O) groups is 1. The first-order chi connectivity index (χ1) is 9.12. The van der Waals surface area contributed by atoms with Gasteiger partial charge in [0.2, 0.25) is 0 Å². The molecule has 2 rings (SSSR count). The molecule has 0 heterocycles. The summed E-state index contributed by atoms with van der Waals surface area (Å²) in [6.07, 6.45) is 3.11. The molecule has 1 fully saturated rings. The normalized spacial score (nSPS) is 26.9. The van der Waals surface area contributed by atoms with Crippen LogP contribution in [-0.4, -0.2) is 31.3 Å². The molecule has 1 saturated carbocycles. The van der Waals surface area contributed by atoms with Crippen LogP contribution in [0.4, 0.5) is 0 Å². The molecule has 0 radical (unpaired) electrons. The Labute approximate surface area is 113 Å². The molecule has 1 aliphatic rings. The number of ether oxygens (including phenoxy) is 1. The summed E-state index contributed by atoms with van der Waals surface area (Å²) in [4.78, 5) is 11.8. The Morgan fingerprint density at radius 1 is 1.42 bits per heavy atom. The fraction of sp³-hybridized carbons (Fsp3) is 0.533. The molecular weight excluding hydrogens is 242 g/mol. The molecule has 4 nitrogen and oxygen atoms in total. The van der Waals surface area contributed by atoms with Crippen molar-refractivity contribution in [2.75, 3.05) is 14.2 Å². The van der Waals surface area contributed by atoms with Crippen molar-refractivity contribution in [3.63, 3.8) is 0 Å². The number of aliphatic carboxylic acids is 1. The van der Waals surface area contributed by atoms with E-state index in [-0.39, 0.29) is 0 Å². The first kappa shape index (κ1) is 13.9. The number of methoxy groups -OCH3 is 1. The number of carboxylic acids is 1. The van der Waals surface area contributed by atoms with Crippen LogP contribution in [0.3, 0.4) is 0 Å². The number of hydrogen-bond donors (Lipinski definition) is 2. The van der Waals surface area contributed by atoms with Gasteiger partial charge in [-0.3, -0.25) is 4.79 Å². The lowest BCUT2D eigenvalue weighted by Gasteiger charge is -2.37. The second kappa shape index (κ2) is 5.61. The van der Waals surface area contributed by atoms with Crippen LogP contribution in [0.25, 0.3) is 0 Å². The Morgan fingerprint density at radius 2 is 2.11 bits per heavy atom. The van der Waals surface area contributed by atoms with Gasteiger partial charge in [0, 0.05) is 6.04 Å². The topological polar surface area (TPSA) is 58.6 Å². The average Bonchev–Trinajstić information content (AvgIpc) is 2.47. The molecule has 0 bridgehead atoms. The van der Waals surface area contributed by atoms with Crippen LogP contribution in [0.1, 0.15) is 31.2 Å². The van der Waals surface area contributed by atoms with Gasteiger partial charge < -0.3 is 15.2 Å². The molecule has 0 aromatic heterocycles. The van der Waals surface area contributed by atoms with Gasteiger partial charge in [-0.1, -0.05) is 12.1 Å². The monoisotopic (exact) mass is 263 g/mol. The average molecular weight is 263 g/mol. The van der Waals surface area contributed by atoms with E-state index >= 15 is 0 Å². The predicted octanol–water partition coefficient (Wildman–Crippen LogP) is 2.18. The van der Waals surface area contributed by atoms with Gasteiger partial charge in [-0.2, -0.15) is 0 Å². The van der Waals surface area contributed by atoms with Gasteiger partial charge >= 0.3 is 5.97 Å². The van der Waals surface area contributed by atoms with E-state index in [4.69, 9.17) is 4.74 Å². The highest BCUT2D eigenvalue weighted by molar-refractivity contribution is 5.81. The van der Waals surface area contributed by atoms with E-state index in [0.29, 0.717) is 24.6 Å². The Bertz CT molecular complexity index is 450. The first-order valence-corrected chi connectivity index (χ1v) is 6.67. The Balaban J connectivity index is 2.32. The largest absolute Gasteiger partial charge is 0.497 e. The van der Waals surface area contributed by atoms with Crippen molar-refractivity contribution in [3.8, 4) is 5.75 Å². The minimum Gasteiger partial charge on any atom is -0.497 e. The zero-order valence-corrected chi connectivity index (χ0v) is 11.5. The van der Waals surface area contributed by atoms with Gasteiger partial charge in [-0.05, 0) is 50.4 Å². The fourth-order valence-electron chi connectivity index (χ4n) is 2.95. The molecule has 1 aromatic rings. The van der Waals surface area contributed by atoms with E-state index < -0.39 is 11.4 Å².